The smallest absolute Gasteiger partial charge is 0.338 e. The lowest BCUT2D eigenvalue weighted by Gasteiger charge is -2.21. The molecule has 1 aromatic carbocycles. The monoisotopic (exact) mass is 277 g/mol. The van der Waals surface area contributed by atoms with E-state index < -0.39 is 0 Å². The number of carbonyl (C=O) groups is 1. The highest BCUT2D eigenvalue weighted by molar-refractivity contribution is 7.80. The number of benzene rings is 1. The molecule has 1 saturated carbocycles. The summed E-state index contributed by atoms with van der Waals surface area (Å²) in [5.74, 6) is -0.228. The van der Waals surface area contributed by atoms with E-state index in [1.165, 1.54) is 6.42 Å². The Kier molecular flexibility index (Phi) is 4.91. The summed E-state index contributed by atoms with van der Waals surface area (Å²) in [5, 5.41) is 0. The Morgan fingerprint density at radius 1 is 1.21 bits per heavy atom. The van der Waals surface area contributed by atoms with E-state index in [1.807, 2.05) is 12.1 Å². The summed E-state index contributed by atoms with van der Waals surface area (Å²) in [6, 6.07) is 7.30. The van der Waals surface area contributed by atoms with Gasteiger partial charge in [-0.1, -0.05) is 30.8 Å². The molecule has 3 nitrogen and oxygen atoms in total. The molecule has 1 aliphatic carbocycles. The zero-order chi connectivity index (χ0) is 13.7. The molecule has 4 heteroatoms. The molecule has 0 atom stereocenters. The van der Waals surface area contributed by atoms with E-state index in [4.69, 9.17) is 22.7 Å². The van der Waals surface area contributed by atoms with Crippen molar-refractivity contribution in [2.75, 3.05) is 0 Å². The molecule has 0 heterocycles. The van der Waals surface area contributed by atoms with Crippen molar-refractivity contribution >= 4 is 23.2 Å². The molecule has 1 aromatic rings. The summed E-state index contributed by atoms with van der Waals surface area (Å²) in [6.45, 7) is 0. The molecule has 102 valence electrons. The molecule has 2 rings (SSSR count). The summed E-state index contributed by atoms with van der Waals surface area (Å²) < 4.78 is 5.51. The minimum absolute atomic E-state index is 0.0950. The fourth-order valence-corrected chi connectivity index (χ4v) is 2.53. The first-order chi connectivity index (χ1) is 9.15. The van der Waals surface area contributed by atoms with E-state index in [9.17, 15) is 4.79 Å². The van der Waals surface area contributed by atoms with Gasteiger partial charge in [0.1, 0.15) is 6.10 Å². The zero-order valence-corrected chi connectivity index (χ0v) is 11.7. The van der Waals surface area contributed by atoms with Crippen molar-refractivity contribution in [2.24, 2.45) is 5.73 Å². The molecular formula is C15H19NO2S. The Hall–Kier alpha value is -1.42. The summed E-state index contributed by atoms with van der Waals surface area (Å²) >= 11 is 4.86. The lowest BCUT2D eigenvalue weighted by molar-refractivity contribution is 0.0211. The number of nitrogens with two attached hydrogens (primary N) is 1. The van der Waals surface area contributed by atoms with Crippen molar-refractivity contribution in [1.29, 1.82) is 0 Å². The van der Waals surface area contributed by atoms with Crippen LogP contribution in [0.3, 0.4) is 0 Å². The van der Waals surface area contributed by atoms with Crippen molar-refractivity contribution in [1.82, 2.24) is 0 Å². The Bertz CT molecular complexity index is 450. The fourth-order valence-electron chi connectivity index (χ4n) is 2.36. The van der Waals surface area contributed by atoms with Gasteiger partial charge in [-0.25, -0.2) is 4.79 Å². The highest BCUT2D eigenvalue weighted by Gasteiger charge is 2.18. The first kappa shape index (κ1) is 14.0. The van der Waals surface area contributed by atoms with E-state index in [0.717, 1.165) is 31.2 Å². The highest BCUT2D eigenvalue weighted by Crippen LogP contribution is 2.21. The third-order valence-electron chi connectivity index (χ3n) is 3.39. The molecule has 1 aliphatic rings. The summed E-state index contributed by atoms with van der Waals surface area (Å²) in [4.78, 5) is 12.4. The third-order valence-corrected chi connectivity index (χ3v) is 3.54. The van der Waals surface area contributed by atoms with Crippen LogP contribution in [0, 0.1) is 0 Å². The van der Waals surface area contributed by atoms with Gasteiger partial charge in [-0.3, -0.25) is 0 Å². The molecule has 0 amide bonds. The minimum Gasteiger partial charge on any atom is -0.459 e. The van der Waals surface area contributed by atoms with Gasteiger partial charge >= 0.3 is 5.97 Å². The van der Waals surface area contributed by atoms with Crippen molar-refractivity contribution in [3.8, 4) is 0 Å². The number of esters is 1. The second-order valence-corrected chi connectivity index (χ2v) is 5.53. The lowest BCUT2D eigenvalue weighted by atomic mass is 9.98. The zero-order valence-electron chi connectivity index (χ0n) is 10.9. The van der Waals surface area contributed by atoms with Gasteiger partial charge in [0.25, 0.3) is 0 Å². The quantitative estimate of drug-likeness (QED) is 0.679. The molecule has 19 heavy (non-hydrogen) atoms. The van der Waals surface area contributed by atoms with Crippen molar-refractivity contribution in [3.05, 3.63) is 35.4 Å². The van der Waals surface area contributed by atoms with Crippen LogP contribution in [0.1, 0.15) is 48.0 Å². The van der Waals surface area contributed by atoms with Crippen LogP contribution >= 0.6 is 12.2 Å². The molecular weight excluding hydrogens is 258 g/mol. The highest BCUT2D eigenvalue weighted by atomic mass is 32.1. The van der Waals surface area contributed by atoms with Gasteiger partial charge in [-0.05, 0) is 43.4 Å². The average Bonchev–Trinajstić information content (AvgIpc) is 2.40. The maximum absolute atomic E-state index is 12.0. The number of rotatable bonds is 4. The van der Waals surface area contributed by atoms with Crippen molar-refractivity contribution < 1.29 is 9.53 Å². The number of carbonyl (C=O) groups excluding carboxylic acids is 1. The number of hydrogen-bond acceptors (Lipinski definition) is 3. The Balaban J connectivity index is 1.93. The number of thiocarbonyl (C=S) groups is 1. The largest absolute Gasteiger partial charge is 0.459 e. The van der Waals surface area contributed by atoms with Crippen LogP contribution in [-0.4, -0.2) is 17.1 Å². The van der Waals surface area contributed by atoms with Gasteiger partial charge < -0.3 is 10.5 Å². The molecule has 0 bridgehead atoms. The molecule has 0 spiro atoms. The Labute approximate surface area is 119 Å². The van der Waals surface area contributed by atoms with Crippen molar-refractivity contribution in [2.45, 2.75) is 44.6 Å². The van der Waals surface area contributed by atoms with Crippen LogP contribution in [0.4, 0.5) is 0 Å². The maximum atomic E-state index is 12.0. The van der Waals surface area contributed by atoms with Crippen LogP contribution in [0.2, 0.25) is 0 Å². The molecule has 0 saturated heterocycles. The van der Waals surface area contributed by atoms with Gasteiger partial charge in [0, 0.05) is 6.42 Å². The topological polar surface area (TPSA) is 52.3 Å². The second kappa shape index (κ2) is 6.66. The van der Waals surface area contributed by atoms with Gasteiger partial charge in [0.05, 0.1) is 10.6 Å². The maximum Gasteiger partial charge on any atom is 0.338 e. The van der Waals surface area contributed by atoms with Crippen molar-refractivity contribution in [3.63, 3.8) is 0 Å². The Morgan fingerprint density at radius 2 is 1.84 bits per heavy atom. The van der Waals surface area contributed by atoms with E-state index >= 15 is 0 Å². The summed E-state index contributed by atoms with van der Waals surface area (Å²) in [7, 11) is 0. The lowest BCUT2D eigenvalue weighted by Crippen LogP contribution is -2.20. The first-order valence-electron chi connectivity index (χ1n) is 6.73. The van der Waals surface area contributed by atoms with Crippen LogP contribution in [0.15, 0.2) is 24.3 Å². The average molecular weight is 277 g/mol. The summed E-state index contributed by atoms with van der Waals surface area (Å²) in [5.41, 5.74) is 7.10. The second-order valence-electron chi connectivity index (χ2n) is 5.01. The first-order valence-corrected chi connectivity index (χ1v) is 7.14. The van der Waals surface area contributed by atoms with Crippen LogP contribution in [0.5, 0.6) is 0 Å². The van der Waals surface area contributed by atoms with Gasteiger partial charge in [-0.2, -0.15) is 0 Å². The Morgan fingerprint density at radius 3 is 2.42 bits per heavy atom. The van der Waals surface area contributed by atoms with E-state index in [1.54, 1.807) is 12.1 Å². The van der Waals surface area contributed by atoms with E-state index in [0.29, 0.717) is 17.0 Å². The van der Waals surface area contributed by atoms with Gasteiger partial charge in [0.15, 0.2) is 0 Å². The molecule has 0 unspecified atom stereocenters. The van der Waals surface area contributed by atoms with Gasteiger partial charge in [0.2, 0.25) is 0 Å². The van der Waals surface area contributed by atoms with E-state index in [-0.39, 0.29) is 12.1 Å². The molecule has 0 radical (unpaired) electrons. The standard InChI is InChI=1S/C15H19NO2S/c16-14(19)10-11-6-8-12(9-7-11)15(17)18-13-4-2-1-3-5-13/h6-9,13H,1-5,10H2,(H2,16,19). The predicted octanol–water partition coefficient (Wildman–Crippen LogP) is 3.00. The van der Waals surface area contributed by atoms with Gasteiger partial charge in [-0.15, -0.1) is 0 Å². The SMILES string of the molecule is NC(=S)Cc1ccc(C(=O)OC2CCCCC2)cc1. The fraction of sp³-hybridized carbons (Fsp3) is 0.467. The van der Waals surface area contributed by atoms with Crippen LogP contribution < -0.4 is 5.73 Å². The molecule has 2 N–H and O–H groups in total. The molecule has 0 aromatic heterocycles. The number of ether oxygens (including phenoxy) is 1. The number of hydrogen-bond donors (Lipinski definition) is 1. The third kappa shape index (κ3) is 4.31. The normalized spacial score (nSPS) is 16.0. The minimum atomic E-state index is -0.228. The summed E-state index contributed by atoms with van der Waals surface area (Å²) in [6.07, 6.45) is 6.21. The van der Waals surface area contributed by atoms with Crippen LogP contribution in [0.25, 0.3) is 0 Å². The van der Waals surface area contributed by atoms with Crippen LogP contribution in [-0.2, 0) is 11.2 Å². The molecule has 1 fully saturated rings. The van der Waals surface area contributed by atoms with E-state index in [2.05, 4.69) is 0 Å². The predicted molar refractivity (Wildman–Crippen MR) is 79.2 cm³/mol. The molecule has 0 aliphatic heterocycles.